The van der Waals surface area contributed by atoms with E-state index in [0.717, 1.165) is 12.8 Å². The third kappa shape index (κ3) is 6.40. The standard InChI is InChI=1S/C11H23N3O2/c1-3-7-11(2,13)10(16)14-8-5-4-6-9(12)15/h3-8,13H2,1-2H3,(H2,12,15)(H,14,16). The van der Waals surface area contributed by atoms with Crippen LogP contribution in [0.3, 0.4) is 0 Å². The molecule has 0 aliphatic carbocycles. The highest BCUT2D eigenvalue weighted by Crippen LogP contribution is 2.08. The van der Waals surface area contributed by atoms with E-state index in [1.54, 1.807) is 6.92 Å². The number of nitrogens with one attached hydrogen (secondary N) is 1. The van der Waals surface area contributed by atoms with Gasteiger partial charge < -0.3 is 16.8 Å². The molecule has 0 rings (SSSR count). The highest BCUT2D eigenvalue weighted by molar-refractivity contribution is 5.85. The Balaban J connectivity index is 3.69. The fraction of sp³-hybridized carbons (Fsp3) is 0.818. The summed E-state index contributed by atoms with van der Waals surface area (Å²) in [4.78, 5) is 22.1. The Kier molecular flexibility index (Phi) is 6.72. The molecule has 0 aromatic carbocycles. The van der Waals surface area contributed by atoms with Gasteiger partial charge in [0.1, 0.15) is 0 Å². The van der Waals surface area contributed by atoms with Crippen molar-refractivity contribution < 1.29 is 9.59 Å². The van der Waals surface area contributed by atoms with Crippen molar-refractivity contribution in [3.8, 4) is 0 Å². The second kappa shape index (κ2) is 7.22. The van der Waals surface area contributed by atoms with E-state index in [1.165, 1.54) is 0 Å². The summed E-state index contributed by atoms with van der Waals surface area (Å²) < 4.78 is 0. The second-order valence-electron chi connectivity index (χ2n) is 4.35. The number of hydrogen-bond acceptors (Lipinski definition) is 3. The Bertz CT molecular complexity index is 239. The first-order valence-corrected chi connectivity index (χ1v) is 5.75. The van der Waals surface area contributed by atoms with E-state index in [1.807, 2.05) is 6.92 Å². The van der Waals surface area contributed by atoms with Crippen LogP contribution in [0, 0.1) is 0 Å². The van der Waals surface area contributed by atoms with Crippen molar-refractivity contribution in [2.45, 2.75) is 51.5 Å². The number of amides is 2. The molecule has 0 spiro atoms. The number of nitrogens with two attached hydrogens (primary N) is 2. The molecule has 94 valence electrons. The quantitative estimate of drug-likeness (QED) is 0.521. The zero-order chi connectivity index (χ0) is 12.6. The van der Waals surface area contributed by atoms with E-state index in [-0.39, 0.29) is 11.8 Å². The van der Waals surface area contributed by atoms with E-state index in [9.17, 15) is 9.59 Å². The van der Waals surface area contributed by atoms with Crippen LogP contribution >= 0.6 is 0 Å². The van der Waals surface area contributed by atoms with Gasteiger partial charge in [0.05, 0.1) is 5.54 Å². The summed E-state index contributed by atoms with van der Waals surface area (Å²) in [7, 11) is 0. The van der Waals surface area contributed by atoms with Crippen LogP contribution in [-0.4, -0.2) is 23.9 Å². The van der Waals surface area contributed by atoms with Gasteiger partial charge in [0.2, 0.25) is 11.8 Å². The smallest absolute Gasteiger partial charge is 0.239 e. The Morgan fingerprint density at radius 2 is 1.94 bits per heavy atom. The number of rotatable bonds is 8. The van der Waals surface area contributed by atoms with Gasteiger partial charge in [-0.3, -0.25) is 9.59 Å². The lowest BCUT2D eigenvalue weighted by molar-refractivity contribution is -0.126. The van der Waals surface area contributed by atoms with Crippen molar-refractivity contribution >= 4 is 11.8 Å². The first-order chi connectivity index (χ1) is 7.40. The second-order valence-corrected chi connectivity index (χ2v) is 4.35. The van der Waals surface area contributed by atoms with Crippen molar-refractivity contribution in [1.82, 2.24) is 5.32 Å². The molecule has 5 nitrogen and oxygen atoms in total. The van der Waals surface area contributed by atoms with Crippen LogP contribution in [0.1, 0.15) is 46.0 Å². The Morgan fingerprint density at radius 1 is 1.31 bits per heavy atom. The van der Waals surface area contributed by atoms with Crippen molar-refractivity contribution in [3.63, 3.8) is 0 Å². The maximum atomic E-state index is 11.6. The summed E-state index contributed by atoms with van der Waals surface area (Å²) in [6.45, 7) is 4.27. The summed E-state index contributed by atoms with van der Waals surface area (Å²) in [5.41, 5.74) is 10.1. The molecule has 0 aliphatic rings. The van der Waals surface area contributed by atoms with Crippen LogP contribution in [-0.2, 0) is 9.59 Å². The van der Waals surface area contributed by atoms with Gasteiger partial charge in [-0.15, -0.1) is 0 Å². The molecule has 1 unspecified atom stereocenters. The molecule has 5 N–H and O–H groups in total. The minimum Gasteiger partial charge on any atom is -0.370 e. The van der Waals surface area contributed by atoms with Gasteiger partial charge in [0, 0.05) is 13.0 Å². The number of hydrogen-bond donors (Lipinski definition) is 3. The molecule has 0 saturated carbocycles. The highest BCUT2D eigenvalue weighted by Gasteiger charge is 2.26. The van der Waals surface area contributed by atoms with Crippen molar-refractivity contribution in [2.24, 2.45) is 11.5 Å². The number of carbonyl (C=O) groups excluding carboxylic acids is 2. The zero-order valence-electron chi connectivity index (χ0n) is 10.2. The summed E-state index contributed by atoms with van der Waals surface area (Å²) in [5.74, 6) is -0.436. The van der Waals surface area contributed by atoms with E-state index < -0.39 is 5.54 Å². The zero-order valence-corrected chi connectivity index (χ0v) is 10.2. The average Bonchev–Trinajstić information content (AvgIpc) is 2.16. The van der Waals surface area contributed by atoms with Crippen LogP contribution in [0.25, 0.3) is 0 Å². The molecule has 5 heteroatoms. The maximum absolute atomic E-state index is 11.6. The fourth-order valence-electron chi connectivity index (χ4n) is 1.46. The number of carbonyl (C=O) groups is 2. The number of primary amides is 1. The van der Waals surface area contributed by atoms with Crippen molar-refractivity contribution in [2.75, 3.05) is 6.54 Å². The number of unbranched alkanes of at least 4 members (excludes halogenated alkanes) is 1. The predicted octanol–water partition coefficient (Wildman–Crippen LogP) is 0.276. The molecule has 16 heavy (non-hydrogen) atoms. The van der Waals surface area contributed by atoms with E-state index >= 15 is 0 Å². The molecular formula is C11H23N3O2. The Morgan fingerprint density at radius 3 is 2.44 bits per heavy atom. The topological polar surface area (TPSA) is 98.2 Å². The minimum absolute atomic E-state index is 0.131. The highest BCUT2D eigenvalue weighted by atomic mass is 16.2. The van der Waals surface area contributed by atoms with Crippen LogP contribution in [0.5, 0.6) is 0 Å². The molecule has 0 fully saturated rings. The van der Waals surface area contributed by atoms with Gasteiger partial charge in [0.15, 0.2) is 0 Å². The van der Waals surface area contributed by atoms with E-state index in [2.05, 4.69) is 5.32 Å². The Hall–Kier alpha value is -1.10. The Labute approximate surface area is 96.9 Å². The van der Waals surface area contributed by atoms with Crippen molar-refractivity contribution in [1.29, 1.82) is 0 Å². The van der Waals surface area contributed by atoms with Crippen LogP contribution < -0.4 is 16.8 Å². The van der Waals surface area contributed by atoms with E-state index in [4.69, 9.17) is 11.5 Å². The third-order valence-electron chi connectivity index (χ3n) is 2.42. The first-order valence-electron chi connectivity index (χ1n) is 5.75. The lowest BCUT2D eigenvalue weighted by Crippen LogP contribution is -2.51. The molecule has 0 aromatic rings. The average molecular weight is 229 g/mol. The molecule has 0 aliphatic heterocycles. The molecule has 0 aromatic heterocycles. The SMILES string of the molecule is CCCC(C)(N)C(=O)NCCCCC(N)=O. The fourth-order valence-corrected chi connectivity index (χ4v) is 1.46. The molecule has 1 atom stereocenters. The maximum Gasteiger partial charge on any atom is 0.239 e. The summed E-state index contributed by atoms with van der Waals surface area (Å²) >= 11 is 0. The van der Waals surface area contributed by atoms with Gasteiger partial charge in [-0.05, 0) is 26.2 Å². The van der Waals surface area contributed by atoms with E-state index in [0.29, 0.717) is 25.8 Å². The molecule has 0 bridgehead atoms. The predicted molar refractivity (Wildman–Crippen MR) is 63.6 cm³/mol. The van der Waals surface area contributed by atoms with Crippen LogP contribution in [0.2, 0.25) is 0 Å². The lowest BCUT2D eigenvalue weighted by Gasteiger charge is -2.22. The van der Waals surface area contributed by atoms with Gasteiger partial charge in [-0.25, -0.2) is 0 Å². The first kappa shape index (κ1) is 14.9. The third-order valence-corrected chi connectivity index (χ3v) is 2.42. The van der Waals surface area contributed by atoms with Gasteiger partial charge in [0.25, 0.3) is 0 Å². The monoisotopic (exact) mass is 229 g/mol. The molecular weight excluding hydrogens is 206 g/mol. The van der Waals surface area contributed by atoms with Gasteiger partial charge in [-0.1, -0.05) is 13.3 Å². The largest absolute Gasteiger partial charge is 0.370 e. The van der Waals surface area contributed by atoms with Gasteiger partial charge in [-0.2, -0.15) is 0 Å². The molecule has 0 heterocycles. The van der Waals surface area contributed by atoms with Crippen LogP contribution in [0.4, 0.5) is 0 Å². The normalized spacial score (nSPS) is 14.2. The summed E-state index contributed by atoms with van der Waals surface area (Å²) in [6, 6.07) is 0. The minimum atomic E-state index is -0.793. The molecule has 2 amide bonds. The summed E-state index contributed by atoms with van der Waals surface area (Å²) in [6.07, 6.45) is 3.36. The summed E-state index contributed by atoms with van der Waals surface area (Å²) in [5, 5.41) is 2.77. The molecule has 0 radical (unpaired) electrons. The lowest BCUT2D eigenvalue weighted by atomic mass is 9.96. The van der Waals surface area contributed by atoms with Crippen molar-refractivity contribution in [3.05, 3.63) is 0 Å². The molecule has 0 saturated heterocycles. The van der Waals surface area contributed by atoms with Crippen LogP contribution in [0.15, 0.2) is 0 Å². The van der Waals surface area contributed by atoms with Gasteiger partial charge >= 0.3 is 0 Å².